The highest BCUT2D eigenvalue weighted by Gasteiger charge is 2.12. The van der Waals surface area contributed by atoms with Gasteiger partial charge in [0.05, 0.1) is 17.0 Å². The molecule has 0 saturated heterocycles. The number of aromatic nitrogens is 2. The monoisotopic (exact) mass is 298 g/mol. The predicted molar refractivity (Wildman–Crippen MR) is 70.0 cm³/mol. The lowest BCUT2D eigenvalue weighted by atomic mass is 10.4. The molecule has 1 N–H and O–H groups in total. The molecule has 0 radical (unpaired) electrons. The third-order valence-corrected chi connectivity index (χ3v) is 3.46. The minimum Gasteiger partial charge on any atom is -0.476 e. The summed E-state index contributed by atoms with van der Waals surface area (Å²) in [6.07, 6.45) is 1.26. The molecule has 7 heteroatoms. The molecule has 0 amide bonds. The van der Waals surface area contributed by atoms with Crippen LogP contribution in [0.25, 0.3) is 0 Å². The molecule has 2 aromatic rings. The maximum Gasteiger partial charge on any atom is 0.356 e. The number of carbonyl (C=O) groups is 1. The van der Waals surface area contributed by atoms with Crippen LogP contribution in [0, 0.1) is 5.82 Å². The van der Waals surface area contributed by atoms with Crippen LogP contribution in [0.15, 0.2) is 35.4 Å². The van der Waals surface area contributed by atoms with Crippen LogP contribution < -0.4 is 0 Å². The largest absolute Gasteiger partial charge is 0.476 e. The van der Waals surface area contributed by atoms with Crippen molar-refractivity contribution in [1.82, 2.24) is 9.97 Å². The van der Waals surface area contributed by atoms with Gasteiger partial charge in [-0.15, -0.1) is 11.8 Å². The number of aromatic carboxylic acids is 1. The molecule has 1 aromatic heterocycles. The van der Waals surface area contributed by atoms with Gasteiger partial charge in [-0.05, 0) is 24.3 Å². The van der Waals surface area contributed by atoms with E-state index in [1.165, 1.54) is 30.1 Å². The Kier molecular flexibility index (Phi) is 4.34. The maximum atomic E-state index is 12.7. The predicted octanol–water partition coefficient (Wildman–Crippen LogP) is 3.26. The smallest absolute Gasteiger partial charge is 0.356 e. The van der Waals surface area contributed by atoms with Crippen molar-refractivity contribution >= 4 is 29.3 Å². The number of thioether (sulfide) groups is 1. The van der Waals surface area contributed by atoms with Gasteiger partial charge in [0.25, 0.3) is 0 Å². The van der Waals surface area contributed by atoms with Crippen LogP contribution in [0.5, 0.6) is 0 Å². The van der Waals surface area contributed by atoms with Crippen molar-refractivity contribution < 1.29 is 14.3 Å². The van der Waals surface area contributed by atoms with Gasteiger partial charge >= 0.3 is 5.97 Å². The summed E-state index contributed by atoms with van der Waals surface area (Å²) in [4.78, 5) is 19.5. The maximum absolute atomic E-state index is 12.7. The molecule has 0 bridgehead atoms. The summed E-state index contributed by atoms with van der Waals surface area (Å²) in [6.45, 7) is 0. The van der Waals surface area contributed by atoms with Gasteiger partial charge in [-0.3, -0.25) is 0 Å². The number of benzene rings is 1. The molecule has 0 saturated carbocycles. The number of nitrogens with zero attached hydrogens (tertiary/aromatic N) is 2. The van der Waals surface area contributed by atoms with Gasteiger partial charge < -0.3 is 5.11 Å². The van der Waals surface area contributed by atoms with Crippen molar-refractivity contribution in [2.45, 2.75) is 10.6 Å². The molecule has 4 nitrogen and oxygen atoms in total. The molecule has 1 heterocycles. The number of carboxylic acids is 1. The lowest BCUT2D eigenvalue weighted by Crippen LogP contribution is -2.05. The van der Waals surface area contributed by atoms with E-state index in [-0.39, 0.29) is 16.5 Å². The Morgan fingerprint density at radius 2 is 2.05 bits per heavy atom. The third kappa shape index (κ3) is 3.65. The zero-order valence-electron chi connectivity index (χ0n) is 9.51. The van der Waals surface area contributed by atoms with Crippen LogP contribution in [0.1, 0.15) is 16.3 Å². The lowest BCUT2D eigenvalue weighted by Gasteiger charge is -2.03. The molecule has 1 aromatic carbocycles. The highest BCUT2D eigenvalue weighted by molar-refractivity contribution is 7.98. The topological polar surface area (TPSA) is 63.1 Å². The fourth-order valence-electron chi connectivity index (χ4n) is 1.30. The van der Waals surface area contributed by atoms with E-state index >= 15 is 0 Å². The molecule has 0 aliphatic heterocycles. The molecule has 0 atom stereocenters. The van der Waals surface area contributed by atoms with Crippen molar-refractivity contribution in [3.8, 4) is 0 Å². The highest BCUT2D eigenvalue weighted by Crippen LogP contribution is 2.22. The zero-order valence-corrected chi connectivity index (χ0v) is 11.1. The average Bonchev–Trinajstić information content (AvgIpc) is 2.39. The van der Waals surface area contributed by atoms with Gasteiger partial charge in [-0.25, -0.2) is 19.2 Å². The lowest BCUT2D eigenvalue weighted by molar-refractivity contribution is 0.0690. The fraction of sp³-hybridized carbons (Fsp3) is 0.0833. The normalized spacial score (nSPS) is 10.4. The molecular formula is C12H8ClFN2O2S. The Hall–Kier alpha value is -1.66. The van der Waals surface area contributed by atoms with Crippen LogP contribution in [0.4, 0.5) is 4.39 Å². The Morgan fingerprint density at radius 1 is 1.37 bits per heavy atom. The van der Waals surface area contributed by atoms with Crippen LogP contribution in [0.2, 0.25) is 5.02 Å². The fourth-order valence-corrected chi connectivity index (χ4v) is 2.24. The number of halogens is 2. The highest BCUT2D eigenvalue weighted by atomic mass is 35.5. The summed E-state index contributed by atoms with van der Waals surface area (Å²) in [5, 5.41) is 8.89. The van der Waals surface area contributed by atoms with Crippen LogP contribution >= 0.6 is 23.4 Å². The number of hydrogen-bond acceptors (Lipinski definition) is 4. The van der Waals surface area contributed by atoms with Crippen molar-refractivity contribution in [2.75, 3.05) is 0 Å². The van der Waals surface area contributed by atoms with Crippen molar-refractivity contribution in [3.05, 3.63) is 52.8 Å². The van der Waals surface area contributed by atoms with Gasteiger partial charge in [0.2, 0.25) is 0 Å². The third-order valence-electron chi connectivity index (χ3n) is 2.18. The van der Waals surface area contributed by atoms with Crippen molar-refractivity contribution in [1.29, 1.82) is 0 Å². The first-order valence-corrected chi connectivity index (χ1v) is 6.55. The van der Waals surface area contributed by atoms with Gasteiger partial charge in [0.15, 0.2) is 5.69 Å². The minimum absolute atomic E-state index is 0.00281. The molecule has 98 valence electrons. The van der Waals surface area contributed by atoms with Gasteiger partial charge in [0.1, 0.15) is 11.6 Å². The summed E-state index contributed by atoms with van der Waals surface area (Å²) in [7, 11) is 0. The van der Waals surface area contributed by atoms with Crippen LogP contribution in [-0.4, -0.2) is 21.0 Å². The van der Waals surface area contributed by atoms with Gasteiger partial charge in [-0.1, -0.05) is 11.6 Å². The van der Waals surface area contributed by atoms with Gasteiger partial charge in [0, 0.05) is 4.90 Å². The first kappa shape index (κ1) is 13.8. The number of carboxylic acid groups (broad SMARTS) is 1. The Labute approximate surface area is 117 Å². The summed E-state index contributed by atoms with van der Waals surface area (Å²) in [5.41, 5.74) is -0.216. The zero-order chi connectivity index (χ0) is 13.8. The van der Waals surface area contributed by atoms with Crippen LogP contribution in [-0.2, 0) is 5.75 Å². The van der Waals surface area contributed by atoms with Crippen molar-refractivity contribution in [3.63, 3.8) is 0 Å². The Morgan fingerprint density at radius 3 is 2.68 bits per heavy atom. The second-order valence-electron chi connectivity index (χ2n) is 3.53. The molecule has 0 unspecified atom stereocenters. The molecule has 0 fully saturated rings. The Bertz CT molecular complexity index is 607. The van der Waals surface area contributed by atoms with E-state index in [1.807, 2.05) is 0 Å². The molecule has 2 rings (SSSR count). The van der Waals surface area contributed by atoms with Crippen molar-refractivity contribution in [2.24, 2.45) is 0 Å². The summed E-state index contributed by atoms with van der Waals surface area (Å²) < 4.78 is 12.7. The average molecular weight is 299 g/mol. The van der Waals surface area contributed by atoms with E-state index in [0.717, 1.165) is 4.90 Å². The quantitative estimate of drug-likeness (QED) is 0.878. The van der Waals surface area contributed by atoms with E-state index in [9.17, 15) is 9.18 Å². The first-order chi connectivity index (χ1) is 9.06. The van der Waals surface area contributed by atoms with Gasteiger partial charge in [-0.2, -0.15) is 0 Å². The second kappa shape index (κ2) is 5.99. The molecule has 0 aliphatic carbocycles. The summed E-state index contributed by atoms with van der Waals surface area (Å²) in [6, 6.07) is 5.98. The minimum atomic E-state index is -1.19. The second-order valence-corrected chi connectivity index (χ2v) is 4.99. The van der Waals surface area contributed by atoms with E-state index in [2.05, 4.69) is 9.97 Å². The first-order valence-electron chi connectivity index (χ1n) is 5.19. The molecule has 0 aliphatic rings. The molecule has 19 heavy (non-hydrogen) atoms. The SMILES string of the molecule is O=C(O)c1nc(CSc2ccc(F)cc2)ncc1Cl. The van der Waals surface area contributed by atoms with E-state index < -0.39 is 5.97 Å². The van der Waals surface area contributed by atoms with E-state index in [0.29, 0.717) is 11.6 Å². The van der Waals surface area contributed by atoms with Crippen LogP contribution in [0.3, 0.4) is 0 Å². The standard InChI is InChI=1S/C12H8ClFN2O2S/c13-9-5-15-10(16-11(9)12(17)18)6-19-8-3-1-7(14)2-4-8/h1-5H,6H2,(H,17,18). The van der Waals surface area contributed by atoms with E-state index in [4.69, 9.17) is 16.7 Å². The molecule has 0 spiro atoms. The number of rotatable bonds is 4. The summed E-state index contributed by atoms with van der Waals surface area (Å²) in [5.74, 6) is -0.764. The Balaban J connectivity index is 2.09. The molecular weight excluding hydrogens is 291 g/mol. The summed E-state index contributed by atoms with van der Waals surface area (Å²) >= 11 is 7.05. The van der Waals surface area contributed by atoms with E-state index in [1.54, 1.807) is 12.1 Å². The number of hydrogen-bond donors (Lipinski definition) is 1.